The molecule has 1 heteroatoms. The lowest BCUT2D eigenvalue weighted by atomic mass is 9.74. The van der Waals surface area contributed by atoms with Gasteiger partial charge in [-0.15, -0.1) is 0 Å². The topological polar surface area (TPSA) is 20.2 Å². The lowest BCUT2D eigenvalue weighted by Gasteiger charge is -2.33. The first-order valence-electron chi connectivity index (χ1n) is 8.04. The van der Waals surface area contributed by atoms with E-state index in [1.54, 1.807) is 0 Å². The molecule has 0 heterocycles. The van der Waals surface area contributed by atoms with Gasteiger partial charge in [-0.3, -0.25) is 0 Å². The molecule has 2 aromatic carbocycles. The molecule has 21 heavy (non-hydrogen) atoms. The molecular weight excluding hydrogens is 256 g/mol. The van der Waals surface area contributed by atoms with E-state index < -0.39 is 5.60 Å². The lowest BCUT2D eigenvalue weighted by molar-refractivity contribution is 0.100. The van der Waals surface area contributed by atoms with Gasteiger partial charge in [-0.1, -0.05) is 61.9 Å². The highest BCUT2D eigenvalue weighted by Gasteiger charge is 2.31. The molecule has 2 aromatic rings. The minimum absolute atomic E-state index is 0.627. The van der Waals surface area contributed by atoms with Crippen LogP contribution in [0, 0.1) is 0 Å². The maximum atomic E-state index is 11.2. The van der Waals surface area contributed by atoms with Gasteiger partial charge in [0, 0.05) is 0 Å². The molecule has 110 valence electrons. The van der Waals surface area contributed by atoms with Crippen molar-refractivity contribution in [1.82, 2.24) is 0 Å². The van der Waals surface area contributed by atoms with Gasteiger partial charge in [0.2, 0.25) is 0 Å². The first-order chi connectivity index (χ1) is 10.1. The van der Waals surface area contributed by atoms with E-state index in [9.17, 15) is 5.11 Å². The number of aliphatic hydroxyl groups is 1. The fourth-order valence-electron chi connectivity index (χ4n) is 3.24. The van der Waals surface area contributed by atoms with Gasteiger partial charge in [-0.2, -0.15) is 0 Å². The fourth-order valence-corrected chi connectivity index (χ4v) is 3.24. The Morgan fingerprint density at radius 2 is 1.71 bits per heavy atom. The van der Waals surface area contributed by atoms with Crippen molar-refractivity contribution in [2.75, 3.05) is 0 Å². The molecule has 1 aliphatic carbocycles. The molecule has 0 aromatic heterocycles. The summed E-state index contributed by atoms with van der Waals surface area (Å²) in [5.41, 5.74) is 3.76. The Morgan fingerprint density at radius 1 is 1.05 bits per heavy atom. The molecule has 1 aliphatic rings. The molecular formula is C20H24O. The first-order valence-corrected chi connectivity index (χ1v) is 8.04. The van der Waals surface area contributed by atoms with E-state index in [0.717, 1.165) is 17.5 Å². The Labute approximate surface area is 127 Å². The molecule has 3 rings (SSSR count). The van der Waals surface area contributed by atoms with Crippen molar-refractivity contribution in [3.05, 3.63) is 70.8 Å². The standard InChI is InChI=1S/C20H24O/c1-3-15-11-13-17(14-12-15)20(2,21)19-10-5-4-9-18(19)16-7-6-8-16/h4-5,9-14,16,21H,3,6-8H2,1-2H3. The van der Waals surface area contributed by atoms with Gasteiger partial charge in [0.05, 0.1) is 0 Å². The third-order valence-electron chi connectivity index (χ3n) is 4.95. The highest BCUT2D eigenvalue weighted by atomic mass is 16.3. The van der Waals surface area contributed by atoms with Crippen molar-refractivity contribution in [3.8, 4) is 0 Å². The molecule has 0 spiro atoms. The monoisotopic (exact) mass is 280 g/mol. The third kappa shape index (κ3) is 2.63. The molecule has 0 radical (unpaired) electrons. The highest BCUT2D eigenvalue weighted by molar-refractivity contribution is 5.43. The second-order valence-corrected chi connectivity index (χ2v) is 6.34. The minimum atomic E-state index is -0.918. The number of benzene rings is 2. The van der Waals surface area contributed by atoms with Crippen molar-refractivity contribution in [1.29, 1.82) is 0 Å². The van der Waals surface area contributed by atoms with Crippen LogP contribution in [0.1, 0.15) is 61.3 Å². The summed E-state index contributed by atoms with van der Waals surface area (Å²) in [7, 11) is 0. The number of aryl methyl sites for hydroxylation is 1. The van der Waals surface area contributed by atoms with E-state index >= 15 is 0 Å². The molecule has 0 saturated heterocycles. The molecule has 0 aliphatic heterocycles. The summed E-state index contributed by atoms with van der Waals surface area (Å²) in [5, 5.41) is 11.2. The van der Waals surface area contributed by atoms with Gasteiger partial charge in [-0.25, -0.2) is 0 Å². The molecule has 1 fully saturated rings. The van der Waals surface area contributed by atoms with Gasteiger partial charge in [0.1, 0.15) is 5.60 Å². The SMILES string of the molecule is CCc1ccc(C(C)(O)c2ccccc2C2CCC2)cc1. The highest BCUT2D eigenvalue weighted by Crippen LogP contribution is 2.42. The van der Waals surface area contributed by atoms with Crippen LogP contribution < -0.4 is 0 Å². The van der Waals surface area contributed by atoms with E-state index in [1.807, 2.05) is 13.0 Å². The predicted octanol–water partition coefficient (Wildman–Crippen LogP) is 4.77. The lowest BCUT2D eigenvalue weighted by Crippen LogP contribution is -2.26. The van der Waals surface area contributed by atoms with Crippen molar-refractivity contribution in [2.24, 2.45) is 0 Å². The second-order valence-electron chi connectivity index (χ2n) is 6.34. The van der Waals surface area contributed by atoms with Crippen LogP contribution in [0.3, 0.4) is 0 Å². The largest absolute Gasteiger partial charge is 0.381 e. The molecule has 0 amide bonds. The van der Waals surface area contributed by atoms with Crippen LogP contribution in [0.25, 0.3) is 0 Å². The Kier molecular flexibility index (Phi) is 3.86. The van der Waals surface area contributed by atoms with Gasteiger partial charge >= 0.3 is 0 Å². The summed E-state index contributed by atoms with van der Waals surface area (Å²) in [4.78, 5) is 0. The Bertz CT molecular complexity index is 606. The summed E-state index contributed by atoms with van der Waals surface area (Å²) in [5.74, 6) is 0.627. The van der Waals surface area contributed by atoms with E-state index in [0.29, 0.717) is 5.92 Å². The van der Waals surface area contributed by atoms with Crippen LogP contribution in [0.4, 0.5) is 0 Å². The van der Waals surface area contributed by atoms with Crippen LogP contribution in [0.2, 0.25) is 0 Å². The zero-order chi connectivity index (χ0) is 14.9. The van der Waals surface area contributed by atoms with Crippen molar-refractivity contribution in [2.45, 2.75) is 51.0 Å². The Morgan fingerprint density at radius 3 is 2.29 bits per heavy atom. The molecule has 1 atom stereocenters. The van der Waals surface area contributed by atoms with Gasteiger partial charge < -0.3 is 5.11 Å². The Balaban J connectivity index is 2.00. The summed E-state index contributed by atoms with van der Waals surface area (Å²) in [6.07, 6.45) is 4.84. The van der Waals surface area contributed by atoms with Gasteiger partial charge in [0.25, 0.3) is 0 Å². The van der Waals surface area contributed by atoms with Crippen LogP contribution >= 0.6 is 0 Å². The van der Waals surface area contributed by atoms with Crippen molar-refractivity contribution in [3.63, 3.8) is 0 Å². The zero-order valence-electron chi connectivity index (χ0n) is 13.0. The van der Waals surface area contributed by atoms with E-state index in [-0.39, 0.29) is 0 Å². The van der Waals surface area contributed by atoms with E-state index in [2.05, 4.69) is 49.4 Å². The van der Waals surface area contributed by atoms with Gasteiger partial charge in [0.15, 0.2) is 0 Å². The number of rotatable bonds is 4. The maximum Gasteiger partial charge on any atom is 0.112 e. The summed E-state index contributed by atoms with van der Waals surface area (Å²) >= 11 is 0. The summed E-state index contributed by atoms with van der Waals surface area (Å²) in [6, 6.07) is 16.8. The molecule has 1 unspecified atom stereocenters. The van der Waals surface area contributed by atoms with Crippen molar-refractivity contribution >= 4 is 0 Å². The quantitative estimate of drug-likeness (QED) is 0.855. The summed E-state index contributed by atoms with van der Waals surface area (Å²) in [6.45, 7) is 4.07. The average Bonchev–Trinajstić information content (AvgIpc) is 2.46. The minimum Gasteiger partial charge on any atom is -0.381 e. The zero-order valence-corrected chi connectivity index (χ0v) is 13.0. The average molecular weight is 280 g/mol. The smallest absolute Gasteiger partial charge is 0.112 e. The van der Waals surface area contributed by atoms with Crippen LogP contribution in [0.15, 0.2) is 48.5 Å². The third-order valence-corrected chi connectivity index (χ3v) is 4.95. The van der Waals surface area contributed by atoms with Crippen LogP contribution in [0.5, 0.6) is 0 Å². The van der Waals surface area contributed by atoms with Crippen molar-refractivity contribution < 1.29 is 5.11 Å². The summed E-state index contributed by atoms with van der Waals surface area (Å²) < 4.78 is 0. The predicted molar refractivity (Wildman–Crippen MR) is 87.5 cm³/mol. The molecule has 1 N–H and O–H groups in total. The molecule has 0 bridgehead atoms. The molecule has 1 nitrogen and oxygen atoms in total. The van der Waals surface area contributed by atoms with Crippen LogP contribution in [-0.2, 0) is 12.0 Å². The van der Waals surface area contributed by atoms with E-state index in [1.165, 1.54) is 30.4 Å². The normalized spacial score (nSPS) is 18.0. The fraction of sp³-hybridized carbons (Fsp3) is 0.400. The second kappa shape index (κ2) is 5.65. The molecule has 1 saturated carbocycles. The Hall–Kier alpha value is -1.60. The number of hydrogen-bond donors (Lipinski definition) is 1. The number of hydrogen-bond acceptors (Lipinski definition) is 1. The first kappa shape index (κ1) is 14.3. The van der Waals surface area contributed by atoms with Crippen LogP contribution in [-0.4, -0.2) is 5.11 Å². The maximum absolute atomic E-state index is 11.2. The van der Waals surface area contributed by atoms with E-state index in [4.69, 9.17) is 0 Å². The van der Waals surface area contributed by atoms with Gasteiger partial charge in [-0.05, 0) is 54.4 Å².